The van der Waals surface area contributed by atoms with Crippen molar-refractivity contribution < 1.29 is 13.8 Å². The first-order valence-electron chi connectivity index (χ1n) is 4.80. The molecule has 0 aliphatic carbocycles. The van der Waals surface area contributed by atoms with Crippen LogP contribution in [-0.2, 0) is 0 Å². The minimum Gasteiger partial charge on any atom is -0.423 e. The summed E-state index contributed by atoms with van der Waals surface area (Å²) in [6, 6.07) is 4.38. The predicted octanol–water partition coefficient (Wildman–Crippen LogP) is 1.86. The van der Waals surface area contributed by atoms with E-state index in [1.807, 2.05) is 0 Å². The van der Waals surface area contributed by atoms with E-state index in [9.17, 15) is 10.1 Å². The lowest BCUT2D eigenvalue weighted by Gasteiger charge is -1.90. The van der Waals surface area contributed by atoms with E-state index in [1.165, 1.54) is 18.2 Å². The highest BCUT2D eigenvalue weighted by atomic mass is 16.6. The molecule has 0 aliphatic heterocycles. The van der Waals surface area contributed by atoms with Crippen LogP contribution in [0.4, 0.5) is 17.7 Å². The summed E-state index contributed by atoms with van der Waals surface area (Å²) in [5.74, 6) is 0. The van der Waals surface area contributed by atoms with E-state index in [0.29, 0.717) is 11.1 Å². The Balaban J connectivity index is 1.98. The zero-order valence-electron chi connectivity index (χ0n) is 8.73. The summed E-state index contributed by atoms with van der Waals surface area (Å²) in [4.78, 5) is 14.2. The molecule has 0 unspecified atom stereocenters. The molecule has 9 heteroatoms. The average Bonchev–Trinajstić information content (AvgIpc) is 2.96. The SMILES string of the molecule is O=[N+]([O-])c1ccc2nc(Nc3nnco3)oc2c1. The quantitative estimate of drug-likeness (QED) is 0.549. The first-order chi connectivity index (χ1) is 8.72. The smallest absolute Gasteiger partial charge is 0.323 e. The maximum atomic E-state index is 10.6. The Morgan fingerprint density at radius 2 is 2.22 bits per heavy atom. The molecule has 0 saturated heterocycles. The highest BCUT2D eigenvalue weighted by Crippen LogP contribution is 2.24. The molecule has 3 aromatic rings. The largest absolute Gasteiger partial charge is 0.423 e. The average molecular weight is 247 g/mol. The van der Waals surface area contributed by atoms with Crippen LogP contribution in [-0.4, -0.2) is 20.1 Å². The third kappa shape index (κ3) is 1.73. The fourth-order valence-electron chi connectivity index (χ4n) is 1.40. The molecule has 0 atom stereocenters. The molecule has 0 fully saturated rings. The number of aromatic nitrogens is 3. The zero-order valence-corrected chi connectivity index (χ0v) is 8.73. The molecule has 2 heterocycles. The van der Waals surface area contributed by atoms with Crippen molar-refractivity contribution in [3.63, 3.8) is 0 Å². The summed E-state index contributed by atoms with van der Waals surface area (Å²) in [6.07, 6.45) is 1.15. The number of nitrogens with one attached hydrogen (secondary N) is 1. The maximum absolute atomic E-state index is 10.6. The topological polar surface area (TPSA) is 120 Å². The summed E-state index contributed by atoms with van der Waals surface area (Å²) in [7, 11) is 0. The third-order valence-corrected chi connectivity index (χ3v) is 2.16. The number of nitrogens with zero attached hydrogens (tertiary/aromatic N) is 4. The third-order valence-electron chi connectivity index (χ3n) is 2.16. The molecular formula is C9H5N5O4. The van der Waals surface area contributed by atoms with Crippen molar-refractivity contribution in [2.24, 2.45) is 0 Å². The number of fused-ring (bicyclic) bond motifs is 1. The van der Waals surface area contributed by atoms with Gasteiger partial charge in [-0.1, -0.05) is 5.10 Å². The summed E-state index contributed by atoms with van der Waals surface area (Å²) in [6.45, 7) is 0. The van der Waals surface area contributed by atoms with E-state index in [1.54, 1.807) is 0 Å². The van der Waals surface area contributed by atoms with Crippen LogP contribution in [0.1, 0.15) is 0 Å². The number of nitro benzene ring substituents is 1. The molecule has 9 nitrogen and oxygen atoms in total. The summed E-state index contributed by atoms with van der Waals surface area (Å²) in [5.41, 5.74) is 0.719. The predicted molar refractivity (Wildman–Crippen MR) is 58.2 cm³/mol. The number of hydrogen-bond donors (Lipinski definition) is 1. The van der Waals surface area contributed by atoms with Gasteiger partial charge >= 0.3 is 12.0 Å². The Hall–Kier alpha value is -2.97. The van der Waals surface area contributed by atoms with Gasteiger partial charge in [0.2, 0.25) is 6.39 Å². The molecule has 1 aromatic carbocycles. The van der Waals surface area contributed by atoms with Crippen molar-refractivity contribution in [2.45, 2.75) is 0 Å². The van der Waals surface area contributed by atoms with Gasteiger partial charge in [-0.05, 0) is 6.07 Å². The van der Waals surface area contributed by atoms with Crippen molar-refractivity contribution in [1.82, 2.24) is 15.2 Å². The maximum Gasteiger partial charge on any atom is 0.323 e. The van der Waals surface area contributed by atoms with Gasteiger partial charge in [0.15, 0.2) is 5.58 Å². The van der Waals surface area contributed by atoms with Crippen LogP contribution in [0, 0.1) is 10.1 Å². The first kappa shape index (κ1) is 10.2. The summed E-state index contributed by atoms with van der Waals surface area (Å²) in [5, 5.41) is 20.3. The molecule has 0 radical (unpaired) electrons. The second-order valence-electron chi connectivity index (χ2n) is 3.30. The number of hydrogen-bond acceptors (Lipinski definition) is 8. The second kappa shape index (κ2) is 3.80. The van der Waals surface area contributed by atoms with Crippen LogP contribution in [0.3, 0.4) is 0 Å². The molecule has 0 spiro atoms. The number of rotatable bonds is 3. The first-order valence-corrected chi connectivity index (χ1v) is 4.80. The van der Waals surface area contributed by atoms with Crippen molar-refractivity contribution in [1.29, 1.82) is 0 Å². The second-order valence-corrected chi connectivity index (χ2v) is 3.30. The van der Waals surface area contributed by atoms with Crippen LogP contribution < -0.4 is 5.32 Å². The monoisotopic (exact) mass is 247 g/mol. The molecule has 90 valence electrons. The Kier molecular flexibility index (Phi) is 2.15. The van der Waals surface area contributed by atoms with Crippen molar-refractivity contribution in [3.05, 3.63) is 34.7 Å². The molecule has 2 aromatic heterocycles. The number of anilines is 2. The summed E-state index contributed by atoms with van der Waals surface area (Å²) >= 11 is 0. The van der Waals surface area contributed by atoms with Gasteiger partial charge in [-0.3, -0.25) is 15.4 Å². The molecule has 0 aliphatic rings. The number of benzene rings is 1. The van der Waals surface area contributed by atoms with Crippen LogP contribution in [0.25, 0.3) is 11.1 Å². The lowest BCUT2D eigenvalue weighted by molar-refractivity contribution is -0.384. The van der Waals surface area contributed by atoms with Gasteiger partial charge in [-0.15, -0.1) is 5.10 Å². The molecule has 1 N–H and O–H groups in total. The van der Waals surface area contributed by atoms with E-state index in [-0.39, 0.29) is 17.7 Å². The Morgan fingerprint density at radius 3 is 2.94 bits per heavy atom. The molecule has 0 saturated carbocycles. The highest BCUT2D eigenvalue weighted by molar-refractivity contribution is 5.77. The van der Waals surface area contributed by atoms with Crippen molar-refractivity contribution >= 4 is 28.8 Å². The van der Waals surface area contributed by atoms with E-state index in [0.717, 1.165) is 6.39 Å². The molecule has 0 bridgehead atoms. The van der Waals surface area contributed by atoms with E-state index in [4.69, 9.17) is 8.83 Å². The van der Waals surface area contributed by atoms with Crippen LogP contribution in [0.2, 0.25) is 0 Å². The van der Waals surface area contributed by atoms with E-state index < -0.39 is 4.92 Å². The summed E-state index contributed by atoms with van der Waals surface area (Å²) < 4.78 is 10.1. The van der Waals surface area contributed by atoms with Gasteiger partial charge in [0.05, 0.1) is 11.0 Å². The van der Waals surface area contributed by atoms with Gasteiger partial charge < -0.3 is 8.83 Å². The molecule has 0 amide bonds. The fraction of sp³-hybridized carbons (Fsp3) is 0. The molecule has 18 heavy (non-hydrogen) atoms. The van der Waals surface area contributed by atoms with Crippen molar-refractivity contribution in [3.8, 4) is 0 Å². The number of non-ortho nitro benzene ring substituents is 1. The van der Waals surface area contributed by atoms with E-state index >= 15 is 0 Å². The molecule has 3 rings (SSSR count). The van der Waals surface area contributed by atoms with Gasteiger partial charge in [0.25, 0.3) is 5.69 Å². The van der Waals surface area contributed by atoms with E-state index in [2.05, 4.69) is 20.5 Å². The Morgan fingerprint density at radius 1 is 1.33 bits per heavy atom. The fourth-order valence-corrected chi connectivity index (χ4v) is 1.40. The minimum absolute atomic E-state index is 0.0667. The standard InChI is InChI=1S/C9H5N5O4/c15-14(16)5-1-2-6-7(3-5)18-8(11-6)12-9-13-10-4-17-9/h1-4H,(H,11,12,13). The Bertz CT molecular complexity index is 705. The lowest BCUT2D eigenvalue weighted by atomic mass is 10.3. The minimum atomic E-state index is -0.507. The van der Waals surface area contributed by atoms with Crippen molar-refractivity contribution in [2.75, 3.05) is 5.32 Å². The molecular weight excluding hydrogens is 242 g/mol. The normalized spacial score (nSPS) is 10.7. The van der Waals surface area contributed by atoms with Crippen LogP contribution >= 0.6 is 0 Å². The van der Waals surface area contributed by atoms with Crippen LogP contribution in [0.5, 0.6) is 0 Å². The van der Waals surface area contributed by atoms with Gasteiger partial charge in [0, 0.05) is 6.07 Å². The van der Waals surface area contributed by atoms with Crippen LogP contribution in [0.15, 0.2) is 33.4 Å². The Labute approximate surface area is 98.6 Å². The lowest BCUT2D eigenvalue weighted by Crippen LogP contribution is -1.89. The highest BCUT2D eigenvalue weighted by Gasteiger charge is 2.12. The van der Waals surface area contributed by atoms with Gasteiger partial charge in [-0.2, -0.15) is 4.98 Å². The zero-order chi connectivity index (χ0) is 12.5. The number of nitro groups is 1. The van der Waals surface area contributed by atoms with Gasteiger partial charge in [0.1, 0.15) is 5.52 Å². The number of oxazole rings is 1. The van der Waals surface area contributed by atoms with Gasteiger partial charge in [-0.25, -0.2) is 0 Å².